The van der Waals surface area contributed by atoms with Crippen molar-refractivity contribution < 1.29 is 18.4 Å². The van der Waals surface area contributed by atoms with Crippen LogP contribution in [0.1, 0.15) is 10.4 Å². The van der Waals surface area contributed by atoms with E-state index in [1.165, 1.54) is 12.1 Å². The SMILES string of the molecule is Nc1ccccc1N(C=O)C(=O)c1c(F)cccc1F. The van der Waals surface area contributed by atoms with Gasteiger partial charge in [0.05, 0.1) is 11.4 Å². The molecule has 2 aromatic carbocycles. The predicted molar refractivity (Wildman–Crippen MR) is 70.1 cm³/mol. The minimum Gasteiger partial charge on any atom is -0.397 e. The fourth-order valence-corrected chi connectivity index (χ4v) is 1.74. The van der Waals surface area contributed by atoms with E-state index < -0.39 is 23.1 Å². The molecule has 20 heavy (non-hydrogen) atoms. The maximum atomic E-state index is 13.6. The number of imide groups is 1. The number of carbonyl (C=O) groups is 2. The van der Waals surface area contributed by atoms with Crippen LogP contribution in [0.2, 0.25) is 0 Å². The zero-order chi connectivity index (χ0) is 14.7. The molecule has 2 amide bonds. The van der Waals surface area contributed by atoms with Crippen molar-refractivity contribution in [1.29, 1.82) is 0 Å². The van der Waals surface area contributed by atoms with Gasteiger partial charge in [-0.05, 0) is 24.3 Å². The van der Waals surface area contributed by atoms with Crippen molar-refractivity contribution in [2.45, 2.75) is 0 Å². The Morgan fingerprint density at radius 2 is 1.65 bits per heavy atom. The lowest BCUT2D eigenvalue weighted by atomic mass is 10.1. The van der Waals surface area contributed by atoms with Crippen molar-refractivity contribution in [1.82, 2.24) is 0 Å². The maximum Gasteiger partial charge on any atom is 0.270 e. The summed E-state index contributed by atoms with van der Waals surface area (Å²) >= 11 is 0. The zero-order valence-electron chi connectivity index (χ0n) is 10.2. The Morgan fingerprint density at radius 3 is 2.20 bits per heavy atom. The first-order valence-electron chi connectivity index (χ1n) is 5.63. The van der Waals surface area contributed by atoms with E-state index in [9.17, 15) is 18.4 Å². The Morgan fingerprint density at radius 1 is 1.05 bits per heavy atom. The van der Waals surface area contributed by atoms with Crippen molar-refractivity contribution in [2.75, 3.05) is 10.6 Å². The highest BCUT2D eigenvalue weighted by Crippen LogP contribution is 2.24. The van der Waals surface area contributed by atoms with E-state index in [0.29, 0.717) is 4.90 Å². The Labute approximate surface area is 113 Å². The number of nitrogen functional groups attached to an aromatic ring is 1. The minimum atomic E-state index is -1.12. The Hall–Kier alpha value is -2.76. The molecule has 0 atom stereocenters. The molecule has 0 aliphatic heterocycles. The Kier molecular flexibility index (Phi) is 3.74. The van der Waals surface area contributed by atoms with Gasteiger partial charge < -0.3 is 5.73 Å². The molecule has 0 bridgehead atoms. The van der Waals surface area contributed by atoms with E-state index >= 15 is 0 Å². The summed E-state index contributed by atoms with van der Waals surface area (Å²) in [4.78, 5) is 23.8. The summed E-state index contributed by atoms with van der Waals surface area (Å²) in [7, 11) is 0. The number of amides is 2. The van der Waals surface area contributed by atoms with Crippen LogP contribution in [-0.2, 0) is 4.79 Å². The van der Waals surface area contributed by atoms with Crippen molar-refractivity contribution >= 4 is 23.7 Å². The highest BCUT2D eigenvalue weighted by molar-refractivity contribution is 6.17. The fourth-order valence-electron chi connectivity index (χ4n) is 1.74. The number of para-hydroxylation sites is 2. The maximum absolute atomic E-state index is 13.6. The first kappa shape index (κ1) is 13.7. The van der Waals surface area contributed by atoms with Crippen LogP contribution in [-0.4, -0.2) is 12.3 Å². The van der Waals surface area contributed by atoms with Crippen molar-refractivity contribution in [3.8, 4) is 0 Å². The van der Waals surface area contributed by atoms with E-state index in [0.717, 1.165) is 18.2 Å². The molecule has 0 unspecified atom stereocenters. The van der Waals surface area contributed by atoms with Gasteiger partial charge in [0.2, 0.25) is 6.41 Å². The van der Waals surface area contributed by atoms with Crippen molar-refractivity contribution in [3.05, 3.63) is 59.7 Å². The summed E-state index contributed by atoms with van der Waals surface area (Å²) in [5, 5.41) is 0. The van der Waals surface area contributed by atoms with Gasteiger partial charge in [0, 0.05) is 0 Å². The smallest absolute Gasteiger partial charge is 0.270 e. The van der Waals surface area contributed by atoms with Crippen LogP contribution in [0.3, 0.4) is 0 Å². The molecule has 0 aromatic heterocycles. The number of carbonyl (C=O) groups excluding carboxylic acids is 2. The van der Waals surface area contributed by atoms with Crippen LogP contribution >= 0.6 is 0 Å². The van der Waals surface area contributed by atoms with E-state index in [1.54, 1.807) is 12.1 Å². The summed E-state index contributed by atoms with van der Waals surface area (Å²) < 4.78 is 27.2. The number of nitrogens with zero attached hydrogens (tertiary/aromatic N) is 1. The molecule has 0 spiro atoms. The third-order valence-corrected chi connectivity index (χ3v) is 2.70. The quantitative estimate of drug-likeness (QED) is 0.691. The predicted octanol–water partition coefficient (Wildman–Crippen LogP) is 2.35. The second-order valence-corrected chi connectivity index (χ2v) is 3.94. The Balaban J connectivity index is 2.51. The number of benzene rings is 2. The lowest BCUT2D eigenvalue weighted by molar-refractivity contribution is -0.106. The second-order valence-electron chi connectivity index (χ2n) is 3.94. The molecule has 0 aliphatic carbocycles. The minimum absolute atomic E-state index is 0.0650. The van der Waals surface area contributed by atoms with E-state index in [1.807, 2.05) is 0 Å². The van der Waals surface area contributed by atoms with E-state index in [-0.39, 0.29) is 17.8 Å². The van der Waals surface area contributed by atoms with Crippen LogP contribution in [0.5, 0.6) is 0 Å². The fraction of sp³-hybridized carbons (Fsp3) is 0. The van der Waals surface area contributed by atoms with Gasteiger partial charge in [0.25, 0.3) is 5.91 Å². The number of hydrogen-bond acceptors (Lipinski definition) is 3. The molecule has 102 valence electrons. The summed E-state index contributed by atoms with van der Waals surface area (Å²) in [6, 6.07) is 9.03. The third-order valence-electron chi connectivity index (χ3n) is 2.70. The second kappa shape index (κ2) is 5.48. The van der Waals surface area contributed by atoms with Gasteiger partial charge in [0.15, 0.2) is 0 Å². The van der Waals surface area contributed by atoms with Crippen molar-refractivity contribution in [3.63, 3.8) is 0 Å². The van der Waals surface area contributed by atoms with Crippen LogP contribution in [0.25, 0.3) is 0 Å². The molecular formula is C14H10F2N2O2. The molecule has 0 saturated heterocycles. The van der Waals surface area contributed by atoms with Crippen molar-refractivity contribution in [2.24, 2.45) is 0 Å². The summed E-state index contributed by atoms with van der Waals surface area (Å²) in [6.07, 6.45) is 0.167. The molecule has 2 N–H and O–H groups in total. The third kappa shape index (κ3) is 2.35. The lowest BCUT2D eigenvalue weighted by Gasteiger charge is -2.18. The molecule has 4 nitrogen and oxygen atoms in total. The van der Waals surface area contributed by atoms with Gasteiger partial charge in [-0.3, -0.25) is 9.59 Å². The lowest BCUT2D eigenvalue weighted by Crippen LogP contribution is -2.31. The highest BCUT2D eigenvalue weighted by atomic mass is 19.1. The van der Waals surface area contributed by atoms with Gasteiger partial charge in [-0.15, -0.1) is 0 Å². The van der Waals surface area contributed by atoms with Gasteiger partial charge in [-0.25, -0.2) is 13.7 Å². The van der Waals surface area contributed by atoms with Gasteiger partial charge in [-0.2, -0.15) is 0 Å². The van der Waals surface area contributed by atoms with Crippen LogP contribution in [0, 0.1) is 11.6 Å². The molecule has 6 heteroatoms. The standard InChI is InChI=1S/C14H10F2N2O2/c15-9-4-3-5-10(16)13(9)14(20)18(8-19)12-7-2-1-6-11(12)17/h1-8H,17H2. The number of anilines is 2. The Bertz CT molecular complexity index is 654. The highest BCUT2D eigenvalue weighted by Gasteiger charge is 2.25. The number of hydrogen-bond donors (Lipinski definition) is 1. The zero-order valence-corrected chi connectivity index (χ0v) is 10.2. The molecule has 2 rings (SSSR count). The molecule has 0 saturated carbocycles. The topological polar surface area (TPSA) is 63.4 Å². The van der Waals surface area contributed by atoms with Crippen LogP contribution in [0.4, 0.5) is 20.2 Å². The number of halogens is 2. The molecule has 2 aromatic rings. The van der Waals surface area contributed by atoms with E-state index in [2.05, 4.69) is 0 Å². The largest absolute Gasteiger partial charge is 0.397 e. The summed E-state index contributed by atoms with van der Waals surface area (Å²) in [5.74, 6) is -3.21. The summed E-state index contributed by atoms with van der Waals surface area (Å²) in [6.45, 7) is 0. The van der Waals surface area contributed by atoms with Gasteiger partial charge in [0.1, 0.15) is 17.2 Å². The first-order chi connectivity index (χ1) is 9.56. The first-order valence-corrected chi connectivity index (χ1v) is 5.63. The average Bonchev–Trinajstić information content (AvgIpc) is 2.41. The average molecular weight is 276 g/mol. The van der Waals surface area contributed by atoms with E-state index in [4.69, 9.17) is 5.73 Å². The van der Waals surface area contributed by atoms with Crippen LogP contribution in [0.15, 0.2) is 42.5 Å². The molecule has 0 heterocycles. The van der Waals surface area contributed by atoms with Gasteiger partial charge >= 0.3 is 0 Å². The number of nitrogens with two attached hydrogens (primary N) is 1. The summed E-state index contributed by atoms with van der Waals surface area (Å²) in [5.41, 5.74) is 5.05. The number of rotatable bonds is 3. The normalized spacial score (nSPS) is 10.1. The molecule has 0 aliphatic rings. The molecule has 0 fully saturated rings. The molecule has 0 radical (unpaired) electrons. The van der Waals surface area contributed by atoms with Crippen LogP contribution < -0.4 is 10.6 Å². The molecular weight excluding hydrogens is 266 g/mol. The monoisotopic (exact) mass is 276 g/mol. The van der Waals surface area contributed by atoms with Gasteiger partial charge in [-0.1, -0.05) is 18.2 Å².